The van der Waals surface area contributed by atoms with Gasteiger partial charge in [-0.3, -0.25) is 0 Å². The molecule has 1 aliphatic heterocycles. The van der Waals surface area contributed by atoms with Gasteiger partial charge in [0.2, 0.25) is 0 Å². The Morgan fingerprint density at radius 2 is 1.32 bits per heavy atom. The van der Waals surface area contributed by atoms with Crippen LogP contribution in [0, 0.1) is 0 Å². The molecule has 1 unspecified atom stereocenters. The Labute approximate surface area is 142 Å². The van der Waals surface area contributed by atoms with Gasteiger partial charge in [-0.25, -0.2) is 0 Å². The van der Waals surface area contributed by atoms with Gasteiger partial charge in [-0.05, 0) is 17.9 Å². The summed E-state index contributed by atoms with van der Waals surface area (Å²) in [6.45, 7) is 9.88. The minimum absolute atomic E-state index is 0.816. The van der Waals surface area contributed by atoms with Crippen LogP contribution in [0.15, 0.2) is 0 Å². The minimum Gasteiger partial charge on any atom is -0.0678 e. The highest BCUT2D eigenvalue weighted by Crippen LogP contribution is 2.58. The lowest BCUT2D eigenvalue weighted by Crippen LogP contribution is -2.49. The zero-order valence-electron chi connectivity index (χ0n) is 16.3. The van der Waals surface area contributed by atoms with Crippen LogP contribution >= 0.6 is 0 Å². The van der Waals surface area contributed by atoms with Gasteiger partial charge < -0.3 is 0 Å². The van der Waals surface area contributed by atoms with E-state index in [2.05, 4.69) is 27.7 Å². The van der Waals surface area contributed by atoms with Crippen molar-refractivity contribution in [1.29, 1.82) is 0 Å². The molecule has 1 aliphatic rings. The van der Waals surface area contributed by atoms with Crippen molar-refractivity contribution in [3.8, 4) is 0 Å². The van der Waals surface area contributed by atoms with Crippen LogP contribution in [0.25, 0.3) is 0 Å². The van der Waals surface area contributed by atoms with Crippen molar-refractivity contribution in [2.75, 3.05) is 0 Å². The first kappa shape index (κ1) is 20.3. The monoisotopic (exact) mass is 324 g/mol. The standard InChI is InChI=1S/C21H44Si/c1-5-9-10-11-12-13-14-15-18-21(6-2)19-16-17-20-22(21,7-3)8-4/h5-20H2,1-4H3. The van der Waals surface area contributed by atoms with E-state index in [9.17, 15) is 0 Å². The maximum absolute atomic E-state index is 2.53. The molecule has 0 N–H and O–H groups in total. The fraction of sp³-hybridized carbons (Fsp3) is 1.00. The van der Waals surface area contributed by atoms with E-state index in [0.717, 1.165) is 5.04 Å². The third-order valence-corrected chi connectivity index (χ3v) is 14.3. The van der Waals surface area contributed by atoms with Gasteiger partial charge in [-0.2, -0.15) is 0 Å². The van der Waals surface area contributed by atoms with Gasteiger partial charge in [-0.1, -0.05) is 116 Å². The van der Waals surface area contributed by atoms with Gasteiger partial charge in [0.25, 0.3) is 0 Å². The van der Waals surface area contributed by atoms with E-state index in [1.165, 1.54) is 64.2 Å². The Hall–Kier alpha value is 0.217. The molecule has 0 aromatic rings. The summed E-state index contributed by atoms with van der Waals surface area (Å²) in [5.41, 5.74) is 0. The van der Waals surface area contributed by atoms with Gasteiger partial charge in [-0.15, -0.1) is 0 Å². The summed E-state index contributed by atoms with van der Waals surface area (Å²) >= 11 is 0. The van der Waals surface area contributed by atoms with E-state index in [0.29, 0.717) is 0 Å². The molecule has 0 aromatic heterocycles. The highest BCUT2D eigenvalue weighted by atomic mass is 28.3. The Morgan fingerprint density at radius 1 is 0.727 bits per heavy atom. The molecule has 1 heterocycles. The Kier molecular flexibility index (Phi) is 10.0. The van der Waals surface area contributed by atoms with Crippen LogP contribution < -0.4 is 0 Å². The molecule has 0 radical (unpaired) electrons. The zero-order chi connectivity index (χ0) is 16.3. The molecule has 0 nitrogen and oxygen atoms in total. The van der Waals surface area contributed by atoms with Crippen LogP contribution in [0.4, 0.5) is 0 Å². The summed E-state index contributed by atoms with van der Waals surface area (Å²) in [4.78, 5) is 0. The molecule has 0 aromatic carbocycles. The number of unbranched alkanes of at least 4 members (excludes halogenated alkanes) is 7. The van der Waals surface area contributed by atoms with Crippen LogP contribution in [-0.2, 0) is 0 Å². The summed E-state index contributed by atoms with van der Waals surface area (Å²) in [5.74, 6) is 0. The van der Waals surface area contributed by atoms with Gasteiger partial charge in [0.05, 0.1) is 8.07 Å². The van der Waals surface area contributed by atoms with Crippen LogP contribution in [0.5, 0.6) is 0 Å². The molecule has 0 saturated carbocycles. The number of hydrogen-bond acceptors (Lipinski definition) is 0. The average Bonchev–Trinajstić information content (AvgIpc) is 2.57. The molecule has 1 atom stereocenters. The average molecular weight is 325 g/mol. The summed E-state index contributed by atoms with van der Waals surface area (Å²) in [6.07, 6.45) is 19.5. The molecule has 0 amide bonds. The van der Waals surface area contributed by atoms with Gasteiger partial charge in [0.15, 0.2) is 0 Å². The summed E-state index contributed by atoms with van der Waals surface area (Å²) in [7, 11) is -0.996. The molecular weight excluding hydrogens is 280 g/mol. The SMILES string of the molecule is CCCCCCCCCCC1(CC)CCCC[Si]1(CC)CC. The molecule has 1 fully saturated rings. The van der Waals surface area contributed by atoms with E-state index in [1.54, 1.807) is 37.4 Å². The van der Waals surface area contributed by atoms with Crippen molar-refractivity contribution in [1.82, 2.24) is 0 Å². The fourth-order valence-corrected chi connectivity index (χ4v) is 11.9. The lowest BCUT2D eigenvalue weighted by molar-refractivity contribution is 0.377. The van der Waals surface area contributed by atoms with Crippen molar-refractivity contribution >= 4 is 8.07 Å². The minimum atomic E-state index is -0.996. The zero-order valence-corrected chi connectivity index (χ0v) is 17.3. The molecule has 1 heteroatoms. The van der Waals surface area contributed by atoms with Crippen LogP contribution in [0.2, 0.25) is 23.2 Å². The molecule has 22 heavy (non-hydrogen) atoms. The molecule has 1 rings (SSSR count). The second kappa shape index (κ2) is 10.9. The Balaban J connectivity index is 2.38. The quantitative estimate of drug-likeness (QED) is 0.250. The maximum Gasteiger partial charge on any atom is 0.0592 e. The summed E-state index contributed by atoms with van der Waals surface area (Å²) in [5, 5.41) is 0.816. The molecule has 0 bridgehead atoms. The largest absolute Gasteiger partial charge is 0.0678 e. The maximum atomic E-state index is 2.53. The highest BCUT2D eigenvalue weighted by molar-refractivity contribution is 6.82. The number of hydrogen-bond donors (Lipinski definition) is 0. The first-order valence-electron chi connectivity index (χ1n) is 10.7. The predicted octanol–water partition coefficient (Wildman–Crippen LogP) is 8.34. The summed E-state index contributed by atoms with van der Waals surface area (Å²) < 4.78 is 0. The number of rotatable bonds is 12. The van der Waals surface area contributed by atoms with Gasteiger partial charge >= 0.3 is 0 Å². The second-order valence-electron chi connectivity index (χ2n) is 8.05. The van der Waals surface area contributed by atoms with Crippen molar-refractivity contribution in [3.63, 3.8) is 0 Å². The van der Waals surface area contributed by atoms with Crippen LogP contribution in [-0.4, -0.2) is 8.07 Å². The first-order chi connectivity index (χ1) is 10.7. The second-order valence-corrected chi connectivity index (χ2v) is 13.6. The molecular formula is C21H44Si. The van der Waals surface area contributed by atoms with Crippen LogP contribution in [0.3, 0.4) is 0 Å². The lowest BCUT2D eigenvalue weighted by atomic mass is 9.90. The smallest absolute Gasteiger partial charge is 0.0592 e. The molecule has 0 spiro atoms. The van der Waals surface area contributed by atoms with E-state index in [1.807, 2.05) is 0 Å². The third kappa shape index (κ3) is 5.11. The normalized spacial score (nSPS) is 24.5. The topological polar surface area (TPSA) is 0 Å². The lowest BCUT2D eigenvalue weighted by Gasteiger charge is -2.53. The van der Waals surface area contributed by atoms with Crippen molar-refractivity contribution in [3.05, 3.63) is 0 Å². The Bertz CT molecular complexity index is 269. The van der Waals surface area contributed by atoms with Crippen molar-refractivity contribution < 1.29 is 0 Å². The van der Waals surface area contributed by atoms with E-state index in [-0.39, 0.29) is 0 Å². The van der Waals surface area contributed by atoms with Crippen molar-refractivity contribution in [2.24, 2.45) is 0 Å². The molecule has 1 saturated heterocycles. The molecule has 132 valence electrons. The van der Waals surface area contributed by atoms with Crippen LogP contribution in [0.1, 0.15) is 111 Å². The van der Waals surface area contributed by atoms with Gasteiger partial charge in [0, 0.05) is 0 Å². The molecule has 0 aliphatic carbocycles. The van der Waals surface area contributed by atoms with Crippen molar-refractivity contribution in [2.45, 2.75) is 134 Å². The van der Waals surface area contributed by atoms with E-state index >= 15 is 0 Å². The third-order valence-electron chi connectivity index (χ3n) is 7.22. The van der Waals surface area contributed by atoms with Gasteiger partial charge in [0.1, 0.15) is 0 Å². The fourth-order valence-electron chi connectivity index (χ4n) is 5.53. The summed E-state index contributed by atoms with van der Waals surface area (Å²) in [6, 6.07) is 4.74. The van der Waals surface area contributed by atoms with E-state index < -0.39 is 8.07 Å². The highest BCUT2D eigenvalue weighted by Gasteiger charge is 2.49. The predicted molar refractivity (Wildman–Crippen MR) is 106 cm³/mol. The first-order valence-corrected chi connectivity index (χ1v) is 13.3. The Morgan fingerprint density at radius 3 is 1.86 bits per heavy atom. The van der Waals surface area contributed by atoms with E-state index in [4.69, 9.17) is 0 Å².